The van der Waals surface area contributed by atoms with Crippen LogP contribution in [0.25, 0.3) is 11.0 Å². The van der Waals surface area contributed by atoms with Crippen molar-refractivity contribution < 1.29 is 23.5 Å². The number of fused-ring (bicyclic) bond motifs is 2. The lowest BCUT2D eigenvalue weighted by Gasteiger charge is -2.24. The molecule has 1 aliphatic rings. The summed E-state index contributed by atoms with van der Waals surface area (Å²) in [6, 6.07) is 20.5. The van der Waals surface area contributed by atoms with Gasteiger partial charge in [0.25, 0.3) is 11.8 Å². The van der Waals surface area contributed by atoms with E-state index in [-0.39, 0.29) is 28.9 Å². The van der Waals surface area contributed by atoms with Crippen LogP contribution in [-0.2, 0) is 11.2 Å². The normalized spacial score (nSPS) is 13.7. The molecule has 4 aromatic rings. The van der Waals surface area contributed by atoms with Gasteiger partial charge in [-0.05, 0) is 42.3 Å². The minimum atomic E-state index is -1.19. The van der Waals surface area contributed by atoms with Crippen molar-refractivity contribution in [3.8, 4) is 5.75 Å². The van der Waals surface area contributed by atoms with Gasteiger partial charge in [0.05, 0.1) is 11.1 Å². The topological polar surface area (TPSA) is 93.9 Å². The largest absolute Gasteiger partial charge is 0.425 e. The fourth-order valence-electron chi connectivity index (χ4n) is 4.16. The molecule has 0 radical (unpaired) electrons. The molecule has 0 saturated heterocycles. The Hall–Kier alpha value is -4.52. The van der Waals surface area contributed by atoms with Crippen molar-refractivity contribution in [2.24, 2.45) is 0 Å². The van der Waals surface area contributed by atoms with E-state index in [1.807, 2.05) is 30.3 Å². The Bertz CT molecular complexity index is 1470. The van der Waals surface area contributed by atoms with Gasteiger partial charge in [0.15, 0.2) is 0 Å². The second kappa shape index (κ2) is 8.44. The molecule has 2 amide bonds. The van der Waals surface area contributed by atoms with Gasteiger partial charge in [-0.1, -0.05) is 42.5 Å². The number of ether oxygens (including phenoxy) is 1. The highest BCUT2D eigenvalue weighted by atomic mass is 16.5. The van der Waals surface area contributed by atoms with E-state index < -0.39 is 29.5 Å². The van der Waals surface area contributed by atoms with Crippen LogP contribution in [-0.4, -0.2) is 28.7 Å². The van der Waals surface area contributed by atoms with E-state index in [1.54, 1.807) is 43.3 Å². The lowest BCUT2D eigenvalue weighted by Crippen LogP contribution is -2.48. The average Bonchev–Trinajstić information content (AvgIpc) is 3.08. The van der Waals surface area contributed by atoms with Crippen molar-refractivity contribution in [1.29, 1.82) is 0 Å². The minimum absolute atomic E-state index is 0.0902. The Kier molecular flexibility index (Phi) is 5.30. The maximum atomic E-state index is 13.4. The molecule has 1 aromatic heterocycles. The van der Waals surface area contributed by atoms with Crippen LogP contribution in [0.3, 0.4) is 0 Å². The summed E-state index contributed by atoms with van der Waals surface area (Å²) < 4.78 is 10.8. The molecule has 0 saturated carbocycles. The first-order valence-corrected chi connectivity index (χ1v) is 10.7. The van der Waals surface area contributed by atoms with Gasteiger partial charge < -0.3 is 9.15 Å². The van der Waals surface area contributed by atoms with Gasteiger partial charge in [0, 0.05) is 23.9 Å². The van der Waals surface area contributed by atoms with Crippen molar-refractivity contribution in [2.75, 3.05) is 0 Å². The molecule has 34 heavy (non-hydrogen) atoms. The summed E-state index contributed by atoms with van der Waals surface area (Å²) >= 11 is 0. The standard InChI is InChI=1S/C27H19NO6/c1-16-13-24(29)34-23-15-18(11-12-19(16)23)33-27(32)22(14-17-7-3-2-4-8-17)28-25(30)20-9-5-6-10-21(20)26(28)31/h2-13,15,22H,14H2,1H3/t22-/m0/s1. The highest BCUT2D eigenvalue weighted by Gasteiger charge is 2.43. The predicted molar refractivity (Wildman–Crippen MR) is 124 cm³/mol. The maximum absolute atomic E-state index is 13.4. The van der Waals surface area contributed by atoms with Crippen LogP contribution in [0.2, 0.25) is 0 Å². The van der Waals surface area contributed by atoms with Crippen LogP contribution in [0.15, 0.2) is 88.1 Å². The van der Waals surface area contributed by atoms with E-state index in [1.165, 1.54) is 12.1 Å². The van der Waals surface area contributed by atoms with Gasteiger partial charge in [0.1, 0.15) is 17.4 Å². The first kappa shape index (κ1) is 21.3. The maximum Gasteiger partial charge on any atom is 0.336 e. The second-order valence-electron chi connectivity index (χ2n) is 8.06. The Morgan fingerprint density at radius 1 is 0.882 bits per heavy atom. The Labute approximate surface area is 194 Å². The molecule has 1 atom stereocenters. The lowest BCUT2D eigenvalue weighted by atomic mass is 10.0. The van der Waals surface area contributed by atoms with Crippen LogP contribution >= 0.6 is 0 Å². The van der Waals surface area contributed by atoms with Crippen LogP contribution in [0.1, 0.15) is 31.8 Å². The fraction of sp³-hybridized carbons (Fsp3) is 0.111. The first-order chi connectivity index (χ1) is 16.4. The zero-order valence-corrected chi connectivity index (χ0v) is 18.2. The molecule has 0 spiro atoms. The highest BCUT2D eigenvalue weighted by molar-refractivity contribution is 6.22. The van der Waals surface area contributed by atoms with Crippen molar-refractivity contribution in [2.45, 2.75) is 19.4 Å². The zero-order valence-electron chi connectivity index (χ0n) is 18.2. The molecule has 3 aromatic carbocycles. The summed E-state index contributed by atoms with van der Waals surface area (Å²) in [4.78, 5) is 52.3. The van der Waals surface area contributed by atoms with Crippen LogP contribution in [0, 0.1) is 6.92 Å². The van der Waals surface area contributed by atoms with Crippen molar-refractivity contribution >= 4 is 28.8 Å². The Balaban J connectivity index is 1.50. The molecule has 7 nitrogen and oxygen atoms in total. The summed E-state index contributed by atoms with van der Waals surface area (Å²) in [6.07, 6.45) is 0.0902. The van der Waals surface area contributed by atoms with E-state index in [0.717, 1.165) is 16.0 Å². The van der Waals surface area contributed by atoms with Gasteiger partial charge >= 0.3 is 11.6 Å². The number of carbonyl (C=O) groups is 3. The van der Waals surface area contributed by atoms with Crippen molar-refractivity contribution in [3.63, 3.8) is 0 Å². The molecule has 5 rings (SSSR count). The molecule has 1 aliphatic heterocycles. The van der Waals surface area contributed by atoms with Crippen LogP contribution < -0.4 is 10.4 Å². The molecular weight excluding hydrogens is 434 g/mol. The van der Waals surface area contributed by atoms with Gasteiger partial charge in [-0.25, -0.2) is 9.59 Å². The van der Waals surface area contributed by atoms with E-state index >= 15 is 0 Å². The first-order valence-electron chi connectivity index (χ1n) is 10.7. The number of benzene rings is 3. The summed E-state index contributed by atoms with van der Waals surface area (Å²) in [5.41, 5.74) is 1.76. The number of hydrogen-bond donors (Lipinski definition) is 0. The van der Waals surface area contributed by atoms with Crippen molar-refractivity contribution in [3.05, 3.63) is 112 Å². The molecule has 0 fully saturated rings. The lowest BCUT2D eigenvalue weighted by molar-refractivity contribution is -0.138. The number of hydrogen-bond acceptors (Lipinski definition) is 6. The van der Waals surface area contributed by atoms with Crippen molar-refractivity contribution in [1.82, 2.24) is 4.90 Å². The van der Waals surface area contributed by atoms with E-state index in [2.05, 4.69) is 0 Å². The summed E-state index contributed by atoms with van der Waals surface area (Å²) in [6.45, 7) is 1.78. The highest BCUT2D eigenvalue weighted by Crippen LogP contribution is 2.28. The van der Waals surface area contributed by atoms with Gasteiger partial charge in [-0.3, -0.25) is 14.5 Å². The molecular formula is C27H19NO6. The summed E-state index contributed by atoms with van der Waals surface area (Å²) in [7, 11) is 0. The quantitative estimate of drug-likeness (QED) is 0.197. The van der Waals surface area contributed by atoms with E-state index in [0.29, 0.717) is 5.39 Å². The predicted octanol–water partition coefficient (Wildman–Crippen LogP) is 3.91. The number of imide groups is 1. The van der Waals surface area contributed by atoms with E-state index in [4.69, 9.17) is 9.15 Å². The third-order valence-electron chi connectivity index (χ3n) is 5.82. The van der Waals surface area contributed by atoms with Gasteiger partial charge in [0.2, 0.25) is 0 Å². The minimum Gasteiger partial charge on any atom is -0.425 e. The Morgan fingerprint density at radius 2 is 1.53 bits per heavy atom. The third kappa shape index (κ3) is 3.77. The number of aryl methyl sites for hydroxylation is 1. The molecule has 0 unspecified atom stereocenters. The monoisotopic (exact) mass is 453 g/mol. The SMILES string of the molecule is Cc1cc(=O)oc2cc(OC(=O)[C@H](Cc3ccccc3)N3C(=O)c4ccccc4C3=O)ccc12. The molecule has 0 bridgehead atoms. The molecule has 7 heteroatoms. The van der Waals surface area contributed by atoms with E-state index in [9.17, 15) is 19.2 Å². The van der Waals surface area contributed by atoms with Gasteiger partial charge in [-0.15, -0.1) is 0 Å². The smallest absolute Gasteiger partial charge is 0.336 e. The van der Waals surface area contributed by atoms with Gasteiger partial charge in [-0.2, -0.15) is 0 Å². The number of nitrogens with zero attached hydrogens (tertiary/aromatic N) is 1. The molecule has 168 valence electrons. The number of carbonyl (C=O) groups excluding carboxylic acids is 3. The number of amides is 2. The summed E-state index contributed by atoms with van der Waals surface area (Å²) in [5, 5.41) is 0.709. The number of rotatable bonds is 5. The zero-order chi connectivity index (χ0) is 23.8. The molecule has 0 N–H and O–H groups in total. The fourth-order valence-corrected chi connectivity index (χ4v) is 4.16. The second-order valence-corrected chi connectivity index (χ2v) is 8.06. The van der Waals surface area contributed by atoms with Crippen LogP contribution in [0.4, 0.5) is 0 Å². The third-order valence-corrected chi connectivity index (χ3v) is 5.82. The average molecular weight is 453 g/mol. The molecule has 2 heterocycles. The van der Waals surface area contributed by atoms with Crippen LogP contribution in [0.5, 0.6) is 5.75 Å². The number of esters is 1. The molecule has 0 aliphatic carbocycles. The summed E-state index contributed by atoms with van der Waals surface area (Å²) in [5.74, 6) is -1.72. The Morgan fingerprint density at radius 3 is 2.21 bits per heavy atom.